The molecular weight excluding hydrogens is 340 g/mol. The second kappa shape index (κ2) is 12.7. The van der Waals surface area contributed by atoms with E-state index in [0.717, 1.165) is 0 Å². The van der Waals surface area contributed by atoms with Crippen LogP contribution in [0.25, 0.3) is 0 Å². The highest BCUT2D eigenvalue weighted by molar-refractivity contribution is 5.83. The van der Waals surface area contributed by atoms with E-state index in [1.807, 2.05) is 0 Å². The highest BCUT2D eigenvalue weighted by atomic mass is 16.5. The van der Waals surface area contributed by atoms with Crippen LogP contribution in [0.2, 0.25) is 0 Å². The quantitative estimate of drug-likeness (QED) is 0.301. The number of carbonyl (C=O) groups excluding carboxylic acids is 3. The molecule has 7 nitrogen and oxygen atoms in total. The van der Waals surface area contributed by atoms with Gasteiger partial charge in [-0.3, -0.25) is 14.4 Å². The zero-order chi connectivity index (χ0) is 19.2. The number of aldehydes is 1. The minimum Gasteiger partial charge on any atom is -0.493 e. The van der Waals surface area contributed by atoms with Crippen LogP contribution in [0.4, 0.5) is 0 Å². The van der Waals surface area contributed by atoms with Crippen molar-refractivity contribution in [3.8, 4) is 11.5 Å². The lowest BCUT2D eigenvalue weighted by Gasteiger charge is -2.13. The Morgan fingerprint density at radius 2 is 1.35 bits per heavy atom. The van der Waals surface area contributed by atoms with Crippen LogP contribution in [0.15, 0.2) is 18.2 Å². The predicted octanol–water partition coefficient (Wildman–Crippen LogP) is 2.94. The number of hydrogen-bond acceptors (Lipinski definition) is 7. The van der Waals surface area contributed by atoms with Gasteiger partial charge in [0.25, 0.3) is 0 Å². The maximum atomic E-state index is 11.4. The highest BCUT2D eigenvalue weighted by Gasteiger charge is 2.11. The maximum absolute atomic E-state index is 11.4. The first kappa shape index (κ1) is 21.5. The van der Waals surface area contributed by atoms with Crippen molar-refractivity contribution in [1.29, 1.82) is 0 Å². The predicted molar refractivity (Wildman–Crippen MR) is 94.6 cm³/mol. The molecule has 0 aromatic heterocycles. The first-order valence-electron chi connectivity index (χ1n) is 8.77. The fourth-order valence-corrected chi connectivity index (χ4v) is 2.16. The minimum atomic E-state index is -0.273. The molecule has 1 aromatic rings. The van der Waals surface area contributed by atoms with Gasteiger partial charge in [0.2, 0.25) is 0 Å². The number of benzene rings is 1. The van der Waals surface area contributed by atoms with Crippen LogP contribution in [-0.2, 0) is 19.1 Å². The Morgan fingerprint density at radius 3 is 1.73 bits per heavy atom. The Bertz CT molecular complexity index is 539. The van der Waals surface area contributed by atoms with Crippen molar-refractivity contribution in [2.24, 2.45) is 0 Å². The first-order chi connectivity index (χ1) is 12.6. The molecule has 1 aromatic carbocycles. The summed E-state index contributed by atoms with van der Waals surface area (Å²) in [4.78, 5) is 34.0. The smallest absolute Gasteiger partial charge is 0.305 e. The number of esters is 2. The minimum absolute atomic E-state index is 0.258. The van der Waals surface area contributed by atoms with E-state index >= 15 is 0 Å². The normalized spacial score (nSPS) is 10.1. The number of carbonyl (C=O) groups is 3. The summed E-state index contributed by atoms with van der Waals surface area (Å²) in [7, 11) is 0. The zero-order valence-corrected chi connectivity index (χ0v) is 15.3. The standard InChI is InChI=1S/C19H26O7/c1-3-23-18(21)10-6-12-25-16-8-5-9-17(15(16)14-20)26-13-7-11-19(22)24-4-2/h5,8-9,14H,3-4,6-7,10-13H2,1-2H3. The van der Waals surface area contributed by atoms with Gasteiger partial charge in [-0.1, -0.05) is 6.07 Å². The van der Waals surface area contributed by atoms with Gasteiger partial charge in [-0.25, -0.2) is 0 Å². The van der Waals surface area contributed by atoms with E-state index in [4.69, 9.17) is 18.9 Å². The summed E-state index contributed by atoms with van der Waals surface area (Å²) in [5.74, 6) is 0.245. The third-order valence-corrected chi connectivity index (χ3v) is 3.32. The molecule has 0 spiro atoms. The fraction of sp³-hybridized carbons (Fsp3) is 0.526. The van der Waals surface area contributed by atoms with Crippen molar-refractivity contribution >= 4 is 18.2 Å². The monoisotopic (exact) mass is 366 g/mol. The lowest BCUT2D eigenvalue weighted by molar-refractivity contribution is -0.144. The van der Waals surface area contributed by atoms with E-state index in [2.05, 4.69) is 0 Å². The fourth-order valence-electron chi connectivity index (χ4n) is 2.16. The molecule has 0 aliphatic carbocycles. The topological polar surface area (TPSA) is 88.1 Å². The summed E-state index contributed by atoms with van der Waals surface area (Å²) in [5.41, 5.74) is 0.305. The van der Waals surface area contributed by atoms with E-state index in [-0.39, 0.29) is 38.0 Å². The van der Waals surface area contributed by atoms with Gasteiger partial charge in [-0.05, 0) is 38.8 Å². The second-order valence-corrected chi connectivity index (χ2v) is 5.30. The lowest BCUT2D eigenvalue weighted by atomic mass is 10.2. The van der Waals surface area contributed by atoms with Gasteiger partial charge in [-0.15, -0.1) is 0 Å². The third-order valence-electron chi connectivity index (χ3n) is 3.32. The molecule has 0 aliphatic rings. The Hall–Kier alpha value is -2.57. The van der Waals surface area contributed by atoms with Gasteiger partial charge >= 0.3 is 11.9 Å². The molecule has 0 bridgehead atoms. The van der Waals surface area contributed by atoms with Crippen LogP contribution in [-0.4, -0.2) is 44.7 Å². The summed E-state index contributed by atoms with van der Waals surface area (Å²) < 4.78 is 20.8. The molecule has 0 saturated carbocycles. The molecule has 1 rings (SSSR count). The van der Waals surface area contributed by atoms with Crippen LogP contribution >= 0.6 is 0 Å². The number of hydrogen-bond donors (Lipinski definition) is 0. The summed E-state index contributed by atoms with van der Waals surface area (Å²) in [6, 6.07) is 5.05. The number of ether oxygens (including phenoxy) is 4. The average molecular weight is 366 g/mol. The van der Waals surface area contributed by atoms with E-state index in [1.165, 1.54) is 0 Å². The van der Waals surface area contributed by atoms with E-state index in [0.29, 0.717) is 49.4 Å². The summed E-state index contributed by atoms with van der Waals surface area (Å²) in [6.45, 7) is 4.78. The van der Waals surface area contributed by atoms with Gasteiger partial charge in [0, 0.05) is 12.8 Å². The molecule has 0 amide bonds. The SMILES string of the molecule is CCOC(=O)CCCOc1cccc(OCCCC(=O)OCC)c1C=O. The highest BCUT2D eigenvalue weighted by Crippen LogP contribution is 2.27. The molecule has 0 radical (unpaired) electrons. The van der Waals surface area contributed by atoms with Crippen molar-refractivity contribution in [1.82, 2.24) is 0 Å². The van der Waals surface area contributed by atoms with Crippen molar-refractivity contribution in [3.05, 3.63) is 23.8 Å². The van der Waals surface area contributed by atoms with Crippen molar-refractivity contribution in [2.75, 3.05) is 26.4 Å². The molecule has 0 fully saturated rings. The largest absolute Gasteiger partial charge is 0.493 e. The van der Waals surface area contributed by atoms with Crippen molar-refractivity contribution in [2.45, 2.75) is 39.5 Å². The summed E-state index contributed by atoms with van der Waals surface area (Å²) in [5, 5.41) is 0. The van der Waals surface area contributed by atoms with Crippen LogP contribution in [0.3, 0.4) is 0 Å². The summed E-state index contributed by atoms with van der Waals surface area (Å²) in [6.07, 6.45) is 2.16. The molecular formula is C19H26O7. The molecule has 0 aliphatic heterocycles. The van der Waals surface area contributed by atoms with Crippen LogP contribution in [0, 0.1) is 0 Å². The Kier molecular flexibility index (Phi) is 10.5. The molecule has 0 N–H and O–H groups in total. The molecule has 7 heteroatoms. The van der Waals surface area contributed by atoms with Gasteiger partial charge in [0.1, 0.15) is 11.5 Å². The van der Waals surface area contributed by atoms with Gasteiger partial charge in [0.15, 0.2) is 6.29 Å². The first-order valence-corrected chi connectivity index (χ1v) is 8.77. The molecule has 0 saturated heterocycles. The lowest BCUT2D eigenvalue weighted by Crippen LogP contribution is -2.09. The maximum Gasteiger partial charge on any atom is 0.305 e. The zero-order valence-electron chi connectivity index (χ0n) is 15.3. The van der Waals surface area contributed by atoms with Gasteiger partial charge in [-0.2, -0.15) is 0 Å². The molecule has 144 valence electrons. The summed E-state index contributed by atoms with van der Waals surface area (Å²) >= 11 is 0. The number of rotatable bonds is 13. The van der Waals surface area contributed by atoms with E-state index < -0.39 is 0 Å². The molecule has 0 unspecified atom stereocenters. The Balaban J connectivity index is 2.48. The van der Waals surface area contributed by atoms with Gasteiger partial charge in [0.05, 0.1) is 32.0 Å². The Morgan fingerprint density at radius 1 is 0.885 bits per heavy atom. The molecule has 0 heterocycles. The molecule has 0 atom stereocenters. The van der Waals surface area contributed by atoms with Crippen LogP contribution in [0.1, 0.15) is 49.9 Å². The average Bonchev–Trinajstić information content (AvgIpc) is 2.63. The van der Waals surface area contributed by atoms with E-state index in [9.17, 15) is 14.4 Å². The second-order valence-electron chi connectivity index (χ2n) is 5.30. The van der Waals surface area contributed by atoms with Gasteiger partial charge < -0.3 is 18.9 Å². The third kappa shape index (κ3) is 8.00. The van der Waals surface area contributed by atoms with Crippen LogP contribution in [0.5, 0.6) is 11.5 Å². The molecule has 26 heavy (non-hydrogen) atoms. The Labute approximate surface area is 153 Å². The van der Waals surface area contributed by atoms with Crippen molar-refractivity contribution < 1.29 is 33.3 Å². The van der Waals surface area contributed by atoms with E-state index in [1.54, 1.807) is 32.0 Å². The van der Waals surface area contributed by atoms with Crippen molar-refractivity contribution in [3.63, 3.8) is 0 Å². The van der Waals surface area contributed by atoms with Crippen LogP contribution < -0.4 is 9.47 Å².